The van der Waals surface area contributed by atoms with Gasteiger partial charge in [0.25, 0.3) is 5.91 Å². The standard InChI is InChI=1S/C13H14N4O4S/c1-7(18)14-11-12(17-21-16-11)15-13(19)10-5-4-9(22-10)8-3-2-6-20-8/h4-5,8H,2-3,6H2,1H3,(H,14,16,18)(H,15,17,19). The maximum Gasteiger partial charge on any atom is 0.267 e. The summed E-state index contributed by atoms with van der Waals surface area (Å²) in [5.74, 6) is -0.511. The third-order valence-corrected chi connectivity index (χ3v) is 4.29. The molecule has 0 radical (unpaired) electrons. The number of carbonyl (C=O) groups excluding carboxylic acids is 2. The van der Waals surface area contributed by atoms with Gasteiger partial charge in [-0.25, -0.2) is 4.63 Å². The van der Waals surface area contributed by atoms with Crippen LogP contribution in [0.5, 0.6) is 0 Å². The molecule has 3 rings (SSSR count). The fourth-order valence-electron chi connectivity index (χ4n) is 2.14. The molecule has 1 fully saturated rings. The summed E-state index contributed by atoms with van der Waals surface area (Å²) in [4.78, 5) is 24.8. The van der Waals surface area contributed by atoms with Gasteiger partial charge in [0.05, 0.1) is 11.0 Å². The van der Waals surface area contributed by atoms with Crippen molar-refractivity contribution in [3.63, 3.8) is 0 Å². The lowest BCUT2D eigenvalue weighted by Crippen LogP contribution is -2.14. The molecule has 2 N–H and O–H groups in total. The predicted octanol–water partition coefficient (Wildman–Crippen LogP) is 2.19. The first kappa shape index (κ1) is 14.7. The lowest BCUT2D eigenvalue weighted by molar-refractivity contribution is -0.114. The third-order valence-electron chi connectivity index (χ3n) is 3.11. The summed E-state index contributed by atoms with van der Waals surface area (Å²) >= 11 is 1.38. The van der Waals surface area contributed by atoms with E-state index in [1.165, 1.54) is 18.3 Å². The number of amides is 2. The Bertz CT molecular complexity index is 690. The van der Waals surface area contributed by atoms with E-state index in [1.807, 2.05) is 6.07 Å². The van der Waals surface area contributed by atoms with Gasteiger partial charge in [-0.3, -0.25) is 14.9 Å². The Labute approximate surface area is 129 Å². The number of thiophene rings is 1. The summed E-state index contributed by atoms with van der Waals surface area (Å²) in [6, 6.07) is 3.63. The van der Waals surface area contributed by atoms with Gasteiger partial charge < -0.3 is 10.1 Å². The topological polar surface area (TPSA) is 106 Å². The zero-order valence-corrected chi connectivity index (χ0v) is 12.6. The molecule has 1 saturated heterocycles. The van der Waals surface area contributed by atoms with Crippen molar-refractivity contribution in [2.45, 2.75) is 25.9 Å². The van der Waals surface area contributed by atoms with Crippen LogP contribution in [0, 0.1) is 0 Å². The van der Waals surface area contributed by atoms with Gasteiger partial charge in [0.1, 0.15) is 0 Å². The molecule has 116 valence electrons. The monoisotopic (exact) mass is 322 g/mol. The van der Waals surface area contributed by atoms with Crippen LogP contribution in [0.4, 0.5) is 11.6 Å². The summed E-state index contributed by atoms with van der Waals surface area (Å²) in [5.41, 5.74) is 0. The van der Waals surface area contributed by atoms with Crippen molar-refractivity contribution in [2.75, 3.05) is 17.2 Å². The average molecular weight is 322 g/mol. The van der Waals surface area contributed by atoms with Crippen molar-refractivity contribution >= 4 is 34.8 Å². The minimum Gasteiger partial charge on any atom is -0.373 e. The van der Waals surface area contributed by atoms with Crippen molar-refractivity contribution < 1.29 is 19.0 Å². The van der Waals surface area contributed by atoms with Crippen molar-refractivity contribution in [2.24, 2.45) is 0 Å². The number of hydrogen-bond acceptors (Lipinski definition) is 7. The number of hydrogen-bond donors (Lipinski definition) is 2. The summed E-state index contributed by atoms with van der Waals surface area (Å²) in [5, 5.41) is 12.1. The molecule has 3 heterocycles. The lowest BCUT2D eigenvalue weighted by atomic mass is 10.2. The average Bonchev–Trinajstić information content (AvgIpc) is 3.18. The van der Waals surface area contributed by atoms with Crippen LogP contribution < -0.4 is 10.6 Å². The van der Waals surface area contributed by atoms with E-state index in [-0.39, 0.29) is 29.6 Å². The molecule has 0 spiro atoms. The van der Waals surface area contributed by atoms with Crippen LogP contribution >= 0.6 is 11.3 Å². The highest BCUT2D eigenvalue weighted by Crippen LogP contribution is 2.33. The van der Waals surface area contributed by atoms with E-state index in [9.17, 15) is 9.59 Å². The van der Waals surface area contributed by atoms with Gasteiger partial charge in [0.15, 0.2) is 0 Å². The van der Waals surface area contributed by atoms with Crippen LogP contribution in [0.2, 0.25) is 0 Å². The van der Waals surface area contributed by atoms with Gasteiger partial charge in [-0.2, -0.15) is 0 Å². The molecule has 0 aromatic carbocycles. The highest BCUT2D eigenvalue weighted by molar-refractivity contribution is 7.14. The molecule has 2 amide bonds. The van der Waals surface area contributed by atoms with Crippen LogP contribution in [0.1, 0.15) is 40.4 Å². The maximum atomic E-state index is 12.2. The van der Waals surface area contributed by atoms with Gasteiger partial charge in [0.2, 0.25) is 17.5 Å². The molecule has 0 bridgehead atoms. The van der Waals surface area contributed by atoms with E-state index in [1.54, 1.807) is 6.07 Å². The molecule has 8 nitrogen and oxygen atoms in total. The summed E-state index contributed by atoms with van der Waals surface area (Å²) in [7, 11) is 0. The van der Waals surface area contributed by atoms with E-state index < -0.39 is 0 Å². The minimum atomic E-state index is -0.337. The Morgan fingerprint density at radius 1 is 1.27 bits per heavy atom. The molecule has 22 heavy (non-hydrogen) atoms. The number of nitrogens with zero attached hydrogens (tertiary/aromatic N) is 2. The molecular formula is C13H14N4O4S. The summed E-state index contributed by atoms with van der Waals surface area (Å²) in [6.07, 6.45) is 2.09. The predicted molar refractivity (Wildman–Crippen MR) is 78.8 cm³/mol. The normalized spacial score (nSPS) is 17.4. The molecule has 2 aromatic heterocycles. The largest absolute Gasteiger partial charge is 0.373 e. The van der Waals surface area contributed by atoms with Gasteiger partial charge >= 0.3 is 0 Å². The number of anilines is 2. The van der Waals surface area contributed by atoms with E-state index >= 15 is 0 Å². The van der Waals surface area contributed by atoms with Crippen LogP contribution in [-0.4, -0.2) is 28.7 Å². The first-order chi connectivity index (χ1) is 10.6. The summed E-state index contributed by atoms with van der Waals surface area (Å²) in [6.45, 7) is 2.09. The first-order valence-corrected chi connectivity index (χ1v) is 7.58. The van der Waals surface area contributed by atoms with Crippen molar-refractivity contribution in [1.82, 2.24) is 10.3 Å². The van der Waals surface area contributed by atoms with Crippen LogP contribution in [0.3, 0.4) is 0 Å². The number of aromatic nitrogens is 2. The molecular weight excluding hydrogens is 308 g/mol. The zero-order valence-electron chi connectivity index (χ0n) is 11.8. The van der Waals surface area contributed by atoms with Crippen molar-refractivity contribution in [1.29, 1.82) is 0 Å². The van der Waals surface area contributed by atoms with E-state index in [0.29, 0.717) is 4.88 Å². The first-order valence-electron chi connectivity index (χ1n) is 6.76. The zero-order chi connectivity index (χ0) is 15.5. The second-order valence-corrected chi connectivity index (χ2v) is 5.92. The fraction of sp³-hybridized carbons (Fsp3) is 0.385. The van der Waals surface area contributed by atoms with Gasteiger partial charge in [-0.15, -0.1) is 11.3 Å². The minimum absolute atomic E-state index is 0.0762. The Balaban J connectivity index is 1.69. The molecule has 0 aliphatic carbocycles. The Morgan fingerprint density at radius 2 is 2.05 bits per heavy atom. The number of ether oxygens (including phenoxy) is 1. The second kappa shape index (κ2) is 6.24. The van der Waals surface area contributed by atoms with E-state index in [0.717, 1.165) is 24.3 Å². The summed E-state index contributed by atoms with van der Waals surface area (Å²) < 4.78 is 10.1. The third kappa shape index (κ3) is 3.15. The number of rotatable bonds is 4. The van der Waals surface area contributed by atoms with Crippen LogP contribution in [0.15, 0.2) is 16.8 Å². The van der Waals surface area contributed by atoms with E-state index in [4.69, 9.17) is 4.74 Å². The second-order valence-electron chi connectivity index (χ2n) is 4.80. The van der Waals surface area contributed by atoms with Crippen LogP contribution in [0.25, 0.3) is 0 Å². The van der Waals surface area contributed by atoms with Crippen molar-refractivity contribution in [3.05, 3.63) is 21.9 Å². The lowest BCUT2D eigenvalue weighted by Gasteiger charge is -2.05. The Kier molecular flexibility index (Phi) is 4.16. The molecule has 1 unspecified atom stereocenters. The van der Waals surface area contributed by atoms with E-state index in [2.05, 4.69) is 25.6 Å². The smallest absolute Gasteiger partial charge is 0.267 e. The fourth-order valence-corrected chi connectivity index (χ4v) is 3.13. The van der Waals surface area contributed by atoms with Crippen molar-refractivity contribution in [3.8, 4) is 0 Å². The van der Waals surface area contributed by atoms with Gasteiger partial charge in [-0.1, -0.05) is 0 Å². The maximum absolute atomic E-state index is 12.2. The van der Waals surface area contributed by atoms with Gasteiger partial charge in [-0.05, 0) is 35.3 Å². The molecule has 0 saturated carbocycles. The molecule has 2 aromatic rings. The molecule has 1 atom stereocenters. The van der Waals surface area contributed by atoms with Gasteiger partial charge in [0, 0.05) is 18.4 Å². The number of nitrogens with one attached hydrogen (secondary N) is 2. The Morgan fingerprint density at radius 3 is 2.73 bits per heavy atom. The van der Waals surface area contributed by atoms with Crippen LogP contribution in [-0.2, 0) is 9.53 Å². The Hall–Kier alpha value is -2.26. The molecule has 9 heteroatoms. The SMILES string of the molecule is CC(=O)Nc1nonc1NC(=O)c1ccc(C2CCCO2)s1. The highest BCUT2D eigenvalue weighted by atomic mass is 32.1. The molecule has 1 aliphatic rings. The quantitative estimate of drug-likeness (QED) is 0.893. The molecule has 1 aliphatic heterocycles. The number of carbonyl (C=O) groups is 2. The highest BCUT2D eigenvalue weighted by Gasteiger charge is 2.22.